The predicted molar refractivity (Wildman–Crippen MR) is 100 cm³/mol. The summed E-state index contributed by atoms with van der Waals surface area (Å²) in [5.74, 6) is -0.921. The van der Waals surface area contributed by atoms with Crippen LogP contribution in [0.3, 0.4) is 0 Å². The summed E-state index contributed by atoms with van der Waals surface area (Å²) in [5, 5.41) is 13.9. The molecule has 4 rings (SSSR count). The molecule has 0 aliphatic heterocycles. The van der Waals surface area contributed by atoms with Gasteiger partial charge in [-0.15, -0.1) is 0 Å². The van der Waals surface area contributed by atoms with E-state index in [2.05, 4.69) is 10.3 Å². The van der Waals surface area contributed by atoms with Crippen molar-refractivity contribution in [2.75, 3.05) is 5.32 Å². The number of anilines is 1. The van der Waals surface area contributed by atoms with Gasteiger partial charge in [0.1, 0.15) is 11.5 Å². The number of nitro benzene ring substituents is 1. The van der Waals surface area contributed by atoms with Crippen LogP contribution in [0.2, 0.25) is 0 Å². The summed E-state index contributed by atoms with van der Waals surface area (Å²) < 4.78 is 19.4. The first-order chi connectivity index (χ1) is 13.5. The maximum absolute atomic E-state index is 14.1. The zero-order valence-corrected chi connectivity index (χ0v) is 14.3. The van der Waals surface area contributed by atoms with Crippen molar-refractivity contribution in [2.45, 2.75) is 0 Å². The van der Waals surface area contributed by atoms with E-state index in [-0.39, 0.29) is 16.9 Å². The van der Waals surface area contributed by atoms with E-state index in [4.69, 9.17) is 4.42 Å². The molecule has 138 valence electrons. The number of hydrogen-bond donors (Lipinski definition) is 1. The van der Waals surface area contributed by atoms with Crippen LogP contribution < -0.4 is 5.32 Å². The first-order valence-electron chi connectivity index (χ1n) is 8.22. The highest BCUT2D eigenvalue weighted by molar-refractivity contribution is 6.13. The van der Waals surface area contributed by atoms with E-state index in [0.29, 0.717) is 22.4 Å². The number of furan rings is 1. The smallest absolute Gasteiger partial charge is 0.271 e. The van der Waals surface area contributed by atoms with Gasteiger partial charge in [0.25, 0.3) is 11.6 Å². The maximum atomic E-state index is 14.1. The van der Waals surface area contributed by atoms with Crippen molar-refractivity contribution < 1.29 is 18.5 Å². The number of carbonyl (C=O) groups is 1. The SMILES string of the molecule is O=C(Nc1cc([N+](=O)[O-])ccc1F)c1cc(-c2ccco2)nc2ccccc12. The van der Waals surface area contributed by atoms with Crippen LogP contribution in [-0.2, 0) is 0 Å². The number of benzene rings is 2. The zero-order chi connectivity index (χ0) is 19.7. The number of nitrogens with zero attached hydrogens (tertiary/aromatic N) is 2. The van der Waals surface area contributed by atoms with Gasteiger partial charge in [-0.2, -0.15) is 0 Å². The average molecular weight is 377 g/mol. The summed E-state index contributed by atoms with van der Waals surface area (Å²) in [7, 11) is 0. The number of amides is 1. The third-order valence-corrected chi connectivity index (χ3v) is 4.14. The molecule has 0 spiro atoms. The molecule has 1 N–H and O–H groups in total. The van der Waals surface area contributed by atoms with Crippen molar-refractivity contribution in [3.8, 4) is 11.5 Å². The Balaban J connectivity index is 1.79. The minimum absolute atomic E-state index is 0.239. The number of non-ortho nitro benzene ring substituents is 1. The fourth-order valence-electron chi connectivity index (χ4n) is 2.83. The lowest BCUT2D eigenvalue weighted by atomic mass is 10.1. The van der Waals surface area contributed by atoms with Crippen molar-refractivity contribution >= 4 is 28.2 Å². The van der Waals surface area contributed by atoms with Crippen molar-refractivity contribution in [1.29, 1.82) is 0 Å². The van der Waals surface area contributed by atoms with Crippen LogP contribution in [0.4, 0.5) is 15.8 Å². The number of hydrogen-bond acceptors (Lipinski definition) is 5. The summed E-state index contributed by atoms with van der Waals surface area (Å²) >= 11 is 0. The molecule has 0 fully saturated rings. The number of aromatic nitrogens is 1. The van der Waals surface area contributed by atoms with Crippen molar-refractivity contribution in [1.82, 2.24) is 4.98 Å². The Morgan fingerprint density at radius 2 is 1.93 bits per heavy atom. The normalized spacial score (nSPS) is 10.8. The lowest BCUT2D eigenvalue weighted by Crippen LogP contribution is -2.14. The first-order valence-corrected chi connectivity index (χ1v) is 8.22. The highest BCUT2D eigenvalue weighted by Gasteiger charge is 2.18. The fourth-order valence-corrected chi connectivity index (χ4v) is 2.83. The van der Waals surface area contributed by atoms with Gasteiger partial charge in [0.2, 0.25) is 0 Å². The van der Waals surface area contributed by atoms with E-state index >= 15 is 0 Å². The highest BCUT2D eigenvalue weighted by Crippen LogP contribution is 2.27. The van der Waals surface area contributed by atoms with Gasteiger partial charge in [-0.25, -0.2) is 9.37 Å². The second-order valence-electron chi connectivity index (χ2n) is 5.92. The van der Waals surface area contributed by atoms with E-state index in [9.17, 15) is 19.3 Å². The van der Waals surface area contributed by atoms with Gasteiger partial charge in [-0.05, 0) is 30.3 Å². The number of pyridine rings is 1. The molecular weight excluding hydrogens is 365 g/mol. The van der Waals surface area contributed by atoms with Crippen LogP contribution in [0.5, 0.6) is 0 Å². The van der Waals surface area contributed by atoms with Crippen LogP contribution in [-0.4, -0.2) is 15.8 Å². The Labute approximate surface area is 157 Å². The number of fused-ring (bicyclic) bond motifs is 1. The van der Waals surface area contributed by atoms with Crippen LogP contribution in [0.1, 0.15) is 10.4 Å². The number of para-hydroxylation sites is 1. The number of carbonyl (C=O) groups excluding carboxylic acids is 1. The quantitative estimate of drug-likeness (QED) is 0.407. The molecule has 2 aromatic carbocycles. The summed E-state index contributed by atoms with van der Waals surface area (Å²) in [4.78, 5) is 27.6. The zero-order valence-electron chi connectivity index (χ0n) is 14.3. The van der Waals surface area contributed by atoms with Gasteiger partial charge < -0.3 is 9.73 Å². The first kappa shape index (κ1) is 17.3. The molecule has 0 saturated carbocycles. The van der Waals surface area contributed by atoms with E-state index < -0.39 is 16.6 Å². The molecular formula is C20H12FN3O4. The van der Waals surface area contributed by atoms with E-state index in [1.54, 1.807) is 36.4 Å². The average Bonchev–Trinajstić information content (AvgIpc) is 3.23. The number of rotatable bonds is 4. The van der Waals surface area contributed by atoms with Crippen molar-refractivity contribution in [3.05, 3.63) is 88.4 Å². The van der Waals surface area contributed by atoms with Crippen LogP contribution in [0.25, 0.3) is 22.4 Å². The maximum Gasteiger partial charge on any atom is 0.271 e. The lowest BCUT2D eigenvalue weighted by Gasteiger charge is -2.10. The van der Waals surface area contributed by atoms with Gasteiger partial charge in [0.15, 0.2) is 5.76 Å². The fraction of sp³-hybridized carbons (Fsp3) is 0. The Bertz CT molecular complexity index is 1210. The second kappa shape index (κ2) is 6.92. The van der Waals surface area contributed by atoms with Crippen LogP contribution in [0, 0.1) is 15.9 Å². The molecule has 2 aromatic heterocycles. The number of nitrogens with one attached hydrogen (secondary N) is 1. The standard InChI is InChI=1S/C20H12FN3O4/c21-15-8-7-12(24(26)27)10-17(15)23-20(25)14-11-18(19-6-3-9-28-19)22-16-5-2-1-4-13(14)16/h1-11H,(H,23,25). The highest BCUT2D eigenvalue weighted by atomic mass is 19.1. The molecule has 1 amide bonds. The van der Waals surface area contributed by atoms with Gasteiger partial charge in [0.05, 0.1) is 28.0 Å². The molecule has 0 aliphatic rings. The molecule has 0 saturated heterocycles. The van der Waals surface area contributed by atoms with E-state index in [1.165, 1.54) is 12.3 Å². The third-order valence-electron chi connectivity index (χ3n) is 4.14. The van der Waals surface area contributed by atoms with Crippen molar-refractivity contribution in [3.63, 3.8) is 0 Å². The summed E-state index contributed by atoms with van der Waals surface area (Å²) in [5.41, 5.74) is 0.629. The largest absolute Gasteiger partial charge is 0.463 e. The Morgan fingerprint density at radius 3 is 2.68 bits per heavy atom. The Hall–Kier alpha value is -4.07. The molecule has 8 heteroatoms. The Morgan fingerprint density at radius 1 is 1.11 bits per heavy atom. The molecule has 0 atom stereocenters. The molecule has 0 aliphatic carbocycles. The molecule has 4 aromatic rings. The van der Waals surface area contributed by atoms with Gasteiger partial charge in [0, 0.05) is 17.5 Å². The minimum Gasteiger partial charge on any atom is -0.463 e. The third kappa shape index (κ3) is 3.18. The minimum atomic E-state index is -0.774. The monoisotopic (exact) mass is 377 g/mol. The molecule has 0 radical (unpaired) electrons. The summed E-state index contributed by atoms with van der Waals surface area (Å²) in [6, 6.07) is 14.9. The van der Waals surface area contributed by atoms with Crippen LogP contribution in [0.15, 0.2) is 71.3 Å². The predicted octanol–water partition coefficient (Wildman–Crippen LogP) is 4.79. The summed E-state index contributed by atoms with van der Waals surface area (Å²) in [6.07, 6.45) is 1.49. The lowest BCUT2D eigenvalue weighted by molar-refractivity contribution is -0.384. The topological polar surface area (TPSA) is 98.3 Å². The molecule has 28 heavy (non-hydrogen) atoms. The van der Waals surface area contributed by atoms with E-state index in [0.717, 1.165) is 18.2 Å². The van der Waals surface area contributed by atoms with Crippen LogP contribution >= 0.6 is 0 Å². The number of halogens is 1. The van der Waals surface area contributed by atoms with E-state index in [1.807, 2.05) is 0 Å². The molecule has 7 nitrogen and oxygen atoms in total. The molecule has 0 bridgehead atoms. The molecule has 0 unspecified atom stereocenters. The van der Waals surface area contributed by atoms with Gasteiger partial charge in [-0.1, -0.05) is 18.2 Å². The molecule has 2 heterocycles. The summed E-state index contributed by atoms with van der Waals surface area (Å²) in [6.45, 7) is 0. The van der Waals surface area contributed by atoms with Crippen molar-refractivity contribution in [2.24, 2.45) is 0 Å². The van der Waals surface area contributed by atoms with Gasteiger partial charge in [-0.3, -0.25) is 14.9 Å². The second-order valence-corrected chi connectivity index (χ2v) is 5.92. The van der Waals surface area contributed by atoms with Gasteiger partial charge >= 0.3 is 0 Å². The number of nitro groups is 1. The Kier molecular flexibility index (Phi) is 4.29.